The smallest absolute Gasteiger partial charge is 0.253 e. The van der Waals surface area contributed by atoms with Crippen molar-refractivity contribution in [1.82, 2.24) is 14.4 Å². The van der Waals surface area contributed by atoms with Crippen molar-refractivity contribution in [3.63, 3.8) is 0 Å². The van der Waals surface area contributed by atoms with Crippen molar-refractivity contribution in [2.75, 3.05) is 13.6 Å². The molecule has 2 heterocycles. The third kappa shape index (κ3) is 3.90. The Kier molecular flexibility index (Phi) is 5.11. The zero-order valence-corrected chi connectivity index (χ0v) is 16.2. The van der Waals surface area contributed by atoms with Gasteiger partial charge in [0.1, 0.15) is 5.82 Å². The van der Waals surface area contributed by atoms with Gasteiger partial charge in [-0.1, -0.05) is 32.9 Å². The molecule has 1 aromatic heterocycles. The van der Waals surface area contributed by atoms with Crippen molar-refractivity contribution in [1.29, 1.82) is 0 Å². The van der Waals surface area contributed by atoms with E-state index in [1.54, 1.807) is 29.0 Å². The van der Waals surface area contributed by atoms with Crippen molar-refractivity contribution in [2.45, 2.75) is 33.7 Å². The molecular formula is C21H26FN3O2. The Balaban J connectivity index is 2.09. The molecule has 0 saturated heterocycles. The van der Waals surface area contributed by atoms with Crippen LogP contribution in [0.1, 0.15) is 38.2 Å². The van der Waals surface area contributed by atoms with Crippen LogP contribution in [0.5, 0.6) is 0 Å². The lowest BCUT2D eigenvalue weighted by molar-refractivity contribution is 0.0810. The second kappa shape index (κ2) is 7.19. The molecule has 3 rings (SSSR count). The van der Waals surface area contributed by atoms with E-state index in [2.05, 4.69) is 25.7 Å². The topological polar surface area (TPSA) is 48.7 Å². The first kappa shape index (κ1) is 19.2. The number of nitrogens with zero attached hydrogens (tertiary/aromatic N) is 3. The van der Waals surface area contributed by atoms with Gasteiger partial charge in [0.05, 0.1) is 12.3 Å². The monoisotopic (exact) mass is 371 g/mol. The zero-order valence-electron chi connectivity index (χ0n) is 16.2. The molecule has 0 fully saturated rings. The molecule has 0 aliphatic carbocycles. The first-order valence-corrected chi connectivity index (χ1v) is 8.98. The fourth-order valence-electron chi connectivity index (χ4n) is 3.42. The summed E-state index contributed by atoms with van der Waals surface area (Å²) in [4.78, 5) is 16.4. The van der Waals surface area contributed by atoms with Crippen LogP contribution in [0.3, 0.4) is 0 Å². The van der Waals surface area contributed by atoms with Crippen molar-refractivity contribution >= 4 is 5.70 Å². The fraction of sp³-hybridized carbons (Fsp3) is 0.381. The van der Waals surface area contributed by atoms with Gasteiger partial charge in [-0.05, 0) is 29.2 Å². The number of aliphatic hydroxyl groups excluding tert-OH is 1. The summed E-state index contributed by atoms with van der Waals surface area (Å²) in [6, 6.07) is 9.82. The first-order chi connectivity index (χ1) is 12.7. The molecule has 27 heavy (non-hydrogen) atoms. The average molecular weight is 371 g/mol. The lowest BCUT2D eigenvalue weighted by Crippen LogP contribution is -2.42. The van der Waals surface area contributed by atoms with E-state index >= 15 is 0 Å². The quantitative estimate of drug-likeness (QED) is 0.897. The zero-order chi connectivity index (χ0) is 19.8. The maximum atomic E-state index is 14.8. The number of halogens is 1. The minimum Gasteiger partial charge on any atom is -0.392 e. The maximum absolute atomic E-state index is 14.8. The number of aromatic nitrogens is 1. The Hall–Kier alpha value is -2.60. The molecule has 6 heteroatoms. The van der Waals surface area contributed by atoms with Crippen molar-refractivity contribution in [3.8, 4) is 0 Å². The maximum Gasteiger partial charge on any atom is 0.253 e. The largest absolute Gasteiger partial charge is 0.392 e. The molecule has 0 amide bonds. The number of aliphatic hydroxyl groups is 1. The second-order valence-electron chi connectivity index (χ2n) is 8.13. The summed E-state index contributed by atoms with van der Waals surface area (Å²) in [5.74, 6) is -0.388. The van der Waals surface area contributed by atoms with Crippen molar-refractivity contribution in [2.24, 2.45) is 5.41 Å². The summed E-state index contributed by atoms with van der Waals surface area (Å²) < 4.78 is 16.4. The lowest BCUT2D eigenvalue weighted by atomic mass is 9.95. The standard InChI is InChI=1S/C21H26FN3O2/c1-21(2,3)14-25-18(16-9-8-15(13-26)11-17(16)22)12-23(4)20(25)24-10-6-5-7-19(24)27/h5-12,20,26H,13-14H2,1-4H3. The SMILES string of the molecule is CN1C=C(c2ccc(CO)cc2F)N(CC(C)(C)C)C1n1ccccc1=O. The number of hydrogen-bond donors (Lipinski definition) is 1. The molecule has 2 aromatic rings. The highest BCUT2D eigenvalue weighted by atomic mass is 19.1. The van der Waals surface area contributed by atoms with Gasteiger partial charge < -0.3 is 14.9 Å². The predicted octanol–water partition coefficient (Wildman–Crippen LogP) is 3.23. The van der Waals surface area contributed by atoms with Gasteiger partial charge in [0, 0.05) is 37.6 Å². The molecule has 0 saturated carbocycles. The summed E-state index contributed by atoms with van der Waals surface area (Å²) in [6.45, 7) is 6.76. The van der Waals surface area contributed by atoms with Gasteiger partial charge in [0.2, 0.25) is 0 Å². The average Bonchev–Trinajstić information content (AvgIpc) is 2.89. The Bertz CT molecular complexity index is 914. The second-order valence-corrected chi connectivity index (χ2v) is 8.13. The van der Waals surface area contributed by atoms with Gasteiger partial charge in [-0.15, -0.1) is 0 Å². The van der Waals surface area contributed by atoms with E-state index in [0.717, 1.165) is 5.70 Å². The van der Waals surface area contributed by atoms with Crippen molar-refractivity contribution in [3.05, 3.63) is 76.1 Å². The van der Waals surface area contributed by atoms with E-state index < -0.39 is 0 Å². The van der Waals surface area contributed by atoms with Gasteiger partial charge in [-0.25, -0.2) is 4.39 Å². The van der Waals surface area contributed by atoms with Gasteiger partial charge in [0.15, 0.2) is 6.29 Å². The highest BCUT2D eigenvalue weighted by Crippen LogP contribution is 2.38. The molecule has 5 nitrogen and oxygen atoms in total. The van der Waals surface area contributed by atoms with Gasteiger partial charge >= 0.3 is 0 Å². The predicted molar refractivity (Wildman–Crippen MR) is 104 cm³/mol. The summed E-state index contributed by atoms with van der Waals surface area (Å²) in [6.07, 6.45) is 3.25. The van der Waals surface area contributed by atoms with E-state index in [1.165, 1.54) is 12.1 Å². The Morgan fingerprint density at radius 1 is 1.19 bits per heavy atom. The Morgan fingerprint density at radius 2 is 1.93 bits per heavy atom. The number of pyridine rings is 1. The summed E-state index contributed by atoms with van der Waals surface area (Å²) in [5.41, 5.74) is 1.52. The van der Waals surface area contributed by atoms with Crippen molar-refractivity contribution < 1.29 is 9.50 Å². The molecular weight excluding hydrogens is 345 g/mol. The van der Waals surface area contributed by atoms with Crippen LogP contribution in [-0.2, 0) is 6.61 Å². The molecule has 1 aliphatic rings. The molecule has 1 aliphatic heterocycles. The van der Waals surface area contributed by atoms with Crippen LogP contribution in [0.4, 0.5) is 4.39 Å². The first-order valence-electron chi connectivity index (χ1n) is 8.98. The van der Waals surface area contributed by atoms with Crippen LogP contribution in [-0.4, -0.2) is 33.1 Å². The molecule has 1 aromatic carbocycles. The van der Waals surface area contributed by atoms with Gasteiger partial charge in [-0.2, -0.15) is 0 Å². The number of rotatable bonds is 4. The van der Waals surface area contributed by atoms with Crippen LogP contribution in [0.25, 0.3) is 5.70 Å². The Morgan fingerprint density at radius 3 is 2.52 bits per heavy atom. The van der Waals surface area contributed by atoms with E-state index in [-0.39, 0.29) is 29.7 Å². The molecule has 144 valence electrons. The van der Waals surface area contributed by atoms with E-state index in [9.17, 15) is 14.3 Å². The van der Waals surface area contributed by atoms with Gasteiger partial charge in [0.25, 0.3) is 5.56 Å². The highest BCUT2D eigenvalue weighted by Gasteiger charge is 2.35. The molecule has 1 N–H and O–H groups in total. The summed E-state index contributed by atoms with van der Waals surface area (Å²) >= 11 is 0. The summed E-state index contributed by atoms with van der Waals surface area (Å²) in [5, 5.41) is 9.25. The normalized spacial score (nSPS) is 17.4. The summed E-state index contributed by atoms with van der Waals surface area (Å²) in [7, 11) is 1.88. The number of hydrogen-bond acceptors (Lipinski definition) is 4. The number of benzene rings is 1. The van der Waals surface area contributed by atoms with Gasteiger partial charge in [-0.3, -0.25) is 9.36 Å². The van der Waals surface area contributed by atoms with E-state index in [4.69, 9.17) is 0 Å². The third-order valence-corrected chi connectivity index (χ3v) is 4.51. The molecule has 1 unspecified atom stereocenters. The van der Waals surface area contributed by atoms with Crippen LogP contribution in [0.2, 0.25) is 0 Å². The van der Waals surface area contributed by atoms with E-state index in [0.29, 0.717) is 17.7 Å². The van der Waals surface area contributed by atoms with Crippen LogP contribution < -0.4 is 5.56 Å². The van der Waals surface area contributed by atoms with Crippen LogP contribution in [0.15, 0.2) is 53.6 Å². The fourth-order valence-corrected chi connectivity index (χ4v) is 3.42. The van der Waals surface area contributed by atoms with E-state index in [1.807, 2.05) is 24.2 Å². The van der Waals surface area contributed by atoms with Crippen LogP contribution >= 0.6 is 0 Å². The minimum absolute atomic E-state index is 0.0670. The third-order valence-electron chi connectivity index (χ3n) is 4.51. The molecule has 0 radical (unpaired) electrons. The Labute approximate surface area is 159 Å². The lowest BCUT2D eigenvalue weighted by Gasteiger charge is -2.37. The van der Waals surface area contributed by atoms with Crippen LogP contribution in [0, 0.1) is 11.2 Å². The molecule has 0 spiro atoms. The molecule has 0 bridgehead atoms. The molecule has 1 atom stereocenters. The minimum atomic E-state index is -0.388. The highest BCUT2D eigenvalue weighted by molar-refractivity contribution is 5.66.